The molecule has 0 saturated heterocycles. The van der Waals surface area contributed by atoms with Crippen molar-refractivity contribution in [3.05, 3.63) is 78.5 Å². The molecule has 0 amide bonds. The van der Waals surface area contributed by atoms with E-state index >= 15 is 0 Å². The van der Waals surface area contributed by atoms with Gasteiger partial charge in [-0.25, -0.2) is 0 Å². The lowest BCUT2D eigenvalue weighted by Gasteiger charge is -2.27. The minimum absolute atomic E-state index is 0.00688. The van der Waals surface area contributed by atoms with Crippen molar-refractivity contribution in [3.8, 4) is 0 Å². The number of hydrogen-bond donors (Lipinski definition) is 1. The second kappa shape index (κ2) is 9.33. The summed E-state index contributed by atoms with van der Waals surface area (Å²) in [6, 6.07) is 10.9. The third-order valence-corrected chi connectivity index (χ3v) is 6.49. The molecule has 162 valence electrons. The molecule has 1 aliphatic rings. The molecule has 0 saturated carbocycles. The summed E-state index contributed by atoms with van der Waals surface area (Å²) in [6.45, 7) is 1.62. The predicted molar refractivity (Wildman–Crippen MR) is 132 cm³/mol. The predicted octanol–water partition coefficient (Wildman–Crippen LogP) is 5.96. The number of benzene rings is 2. The Bertz CT molecular complexity index is 1220. The number of pyridine rings is 1. The summed E-state index contributed by atoms with van der Waals surface area (Å²) < 4.78 is 0. The summed E-state index contributed by atoms with van der Waals surface area (Å²) in [4.78, 5) is 23.9. The Hall–Kier alpha value is -1.85. The minimum atomic E-state index is 0.00688. The second-order valence-corrected chi connectivity index (χ2v) is 9.53. The molecule has 7 heteroatoms. The Balaban J connectivity index is 1.81. The largest absolute Gasteiger partial charge is 0.358 e. The normalized spacial score (nSPS) is 17.5. The summed E-state index contributed by atoms with van der Waals surface area (Å²) in [5.41, 5.74) is 4.19. The van der Waals surface area contributed by atoms with Crippen molar-refractivity contribution in [1.82, 2.24) is 9.88 Å². The zero-order chi connectivity index (χ0) is 22.1. The average Bonchev–Trinajstić information content (AvgIpc) is 2.70. The molecule has 0 fully saturated rings. The van der Waals surface area contributed by atoms with Crippen LogP contribution in [0.25, 0.3) is 10.9 Å². The van der Waals surface area contributed by atoms with Crippen LogP contribution in [0, 0.1) is 0 Å². The molecular formula is C24H24Cl3N3O. The maximum atomic E-state index is 13.4. The number of halogens is 3. The summed E-state index contributed by atoms with van der Waals surface area (Å²) in [7, 11) is 4.09. The van der Waals surface area contributed by atoms with Crippen LogP contribution in [-0.2, 0) is 6.42 Å². The third-order valence-electron chi connectivity index (χ3n) is 5.69. The molecule has 0 aliphatic heterocycles. The summed E-state index contributed by atoms with van der Waals surface area (Å²) >= 11 is 18.8. The summed E-state index contributed by atoms with van der Waals surface area (Å²) in [5.74, 6) is 0.108. The van der Waals surface area contributed by atoms with Crippen molar-refractivity contribution in [2.45, 2.75) is 25.2 Å². The van der Waals surface area contributed by atoms with Crippen LogP contribution < -0.4 is 5.43 Å². The van der Waals surface area contributed by atoms with Gasteiger partial charge in [-0.2, -0.15) is 0 Å². The SMILES string of the molecule is CN(C)CCCN=C1CC(c2ccc(Cl)cc2Cl)Cc2[nH]c3cc(Cl)ccc3c(=O)c21. The second-order valence-electron chi connectivity index (χ2n) is 8.25. The van der Waals surface area contributed by atoms with Gasteiger partial charge in [-0.05, 0) is 81.7 Å². The molecule has 31 heavy (non-hydrogen) atoms. The number of fused-ring (bicyclic) bond motifs is 2. The molecule has 1 heterocycles. The Morgan fingerprint density at radius 2 is 1.81 bits per heavy atom. The highest BCUT2D eigenvalue weighted by Crippen LogP contribution is 2.36. The van der Waals surface area contributed by atoms with Crippen LogP contribution in [0.5, 0.6) is 0 Å². The fourth-order valence-electron chi connectivity index (χ4n) is 4.22. The van der Waals surface area contributed by atoms with Crippen LogP contribution in [0.3, 0.4) is 0 Å². The number of aromatic amines is 1. The van der Waals surface area contributed by atoms with Gasteiger partial charge in [-0.3, -0.25) is 9.79 Å². The highest BCUT2D eigenvalue weighted by atomic mass is 35.5. The lowest BCUT2D eigenvalue weighted by atomic mass is 9.80. The molecule has 0 bridgehead atoms. The van der Waals surface area contributed by atoms with Gasteiger partial charge in [0.1, 0.15) is 0 Å². The Morgan fingerprint density at radius 1 is 1.06 bits per heavy atom. The quantitative estimate of drug-likeness (QED) is 0.462. The maximum absolute atomic E-state index is 13.4. The van der Waals surface area contributed by atoms with Crippen molar-refractivity contribution in [2.24, 2.45) is 4.99 Å². The van der Waals surface area contributed by atoms with Gasteiger partial charge in [0.15, 0.2) is 5.43 Å². The number of hydrogen-bond acceptors (Lipinski definition) is 3. The zero-order valence-corrected chi connectivity index (χ0v) is 19.8. The minimum Gasteiger partial charge on any atom is -0.358 e. The fourth-order valence-corrected chi connectivity index (χ4v) is 4.96. The molecule has 1 unspecified atom stereocenters. The van der Waals surface area contributed by atoms with Crippen LogP contribution in [0.15, 0.2) is 46.2 Å². The van der Waals surface area contributed by atoms with Crippen LogP contribution in [0.4, 0.5) is 0 Å². The number of H-pyrrole nitrogens is 1. The van der Waals surface area contributed by atoms with Crippen molar-refractivity contribution in [1.29, 1.82) is 0 Å². The Kier molecular flexibility index (Phi) is 6.73. The molecule has 1 aromatic heterocycles. The number of aromatic nitrogens is 1. The highest BCUT2D eigenvalue weighted by Gasteiger charge is 2.29. The van der Waals surface area contributed by atoms with Crippen LogP contribution in [0.1, 0.15) is 35.6 Å². The Labute approximate surface area is 196 Å². The van der Waals surface area contributed by atoms with E-state index < -0.39 is 0 Å². The number of nitrogens with one attached hydrogen (secondary N) is 1. The summed E-state index contributed by atoms with van der Waals surface area (Å²) in [5, 5.41) is 2.47. The fraction of sp³-hybridized carbons (Fsp3) is 0.333. The molecule has 0 radical (unpaired) electrons. The van der Waals surface area contributed by atoms with Crippen LogP contribution >= 0.6 is 34.8 Å². The lowest BCUT2D eigenvalue weighted by Crippen LogP contribution is -2.28. The third kappa shape index (κ3) is 4.83. The average molecular weight is 477 g/mol. The van der Waals surface area contributed by atoms with Gasteiger partial charge >= 0.3 is 0 Å². The van der Waals surface area contributed by atoms with Gasteiger partial charge in [0.2, 0.25) is 0 Å². The van der Waals surface area contributed by atoms with Crippen LogP contribution in [-0.4, -0.2) is 42.8 Å². The first-order valence-corrected chi connectivity index (χ1v) is 11.4. The van der Waals surface area contributed by atoms with Crippen LogP contribution in [0.2, 0.25) is 15.1 Å². The van der Waals surface area contributed by atoms with E-state index in [1.165, 1.54) is 0 Å². The monoisotopic (exact) mass is 475 g/mol. The van der Waals surface area contributed by atoms with Gasteiger partial charge in [0.25, 0.3) is 0 Å². The first-order valence-electron chi connectivity index (χ1n) is 10.3. The first-order chi connectivity index (χ1) is 14.8. The lowest BCUT2D eigenvalue weighted by molar-refractivity contribution is 0.403. The Morgan fingerprint density at radius 3 is 2.55 bits per heavy atom. The standard InChI is InChI=1S/C24H24Cl3N3O/c1-30(2)9-3-8-28-21-10-14(17-6-4-15(25)12-19(17)27)11-22-23(21)24(31)18-7-5-16(26)13-20(18)29-22/h4-7,12-14H,3,8-11H2,1-2H3,(H,29,31). The van der Waals surface area contributed by atoms with E-state index in [1.54, 1.807) is 24.3 Å². The number of nitrogens with zero attached hydrogens (tertiary/aromatic N) is 2. The molecule has 2 aromatic carbocycles. The van der Waals surface area contributed by atoms with Gasteiger partial charge in [-0.1, -0.05) is 40.9 Å². The van der Waals surface area contributed by atoms with E-state index in [0.717, 1.165) is 35.5 Å². The highest BCUT2D eigenvalue weighted by molar-refractivity contribution is 6.35. The van der Waals surface area contributed by atoms with E-state index in [1.807, 2.05) is 26.2 Å². The van der Waals surface area contributed by atoms with Crippen molar-refractivity contribution < 1.29 is 0 Å². The molecule has 3 aromatic rings. The molecule has 1 atom stereocenters. The number of rotatable bonds is 5. The molecule has 1 N–H and O–H groups in total. The molecule has 4 rings (SSSR count). The molecule has 4 nitrogen and oxygen atoms in total. The van der Waals surface area contributed by atoms with E-state index in [-0.39, 0.29) is 11.3 Å². The molecule has 0 spiro atoms. The smallest absolute Gasteiger partial charge is 0.198 e. The van der Waals surface area contributed by atoms with E-state index in [4.69, 9.17) is 39.8 Å². The van der Waals surface area contributed by atoms with Gasteiger partial charge in [0.05, 0.1) is 11.1 Å². The topological polar surface area (TPSA) is 48.5 Å². The maximum Gasteiger partial charge on any atom is 0.198 e. The summed E-state index contributed by atoms with van der Waals surface area (Å²) in [6.07, 6.45) is 2.27. The zero-order valence-electron chi connectivity index (χ0n) is 17.5. The van der Waals surface area contributed by atoms with Crippen molar-refractivity contribution >= 4 is 51.4 Å². The molecular weight excluding hydrogens is 453 g/mol. The van der Waals surface area contributed by atoms with Crippen molar-refractivity contribution in [2.75, 3.05) is 27.2 Å². The van der Waals surface area contributed by atoms with Gasteiger partial charge in [0, 0.05) is 38.4 Å². The van der Waals surface area contributed by atoms with E-state index in [0.29, 0.717) is 45.4 Å². The van der Waals surface area contributed by atoms with E-state index in [2.05, 4.69) is 9.88 Å². The van der Waals surface area contributed by atoms with Crippen molar-refractivity contribution in [3.63, 3.8) is 0 Å². The van der Waals surface area contributed by atoms with E-state index in [9.17, 15) is 4.79 Å². The number of aliphatic imine (C=N–C) groups is 1. The first kappa shape index (κ1) is 22.3. The van der Waals surface area contributed by atoms with Gasteiger partial charge in [-0.15, -0.1) is 0 Å². The molecule has 1 aliphatic carbocycles. The van der Waals surface area contributed by atoms with Gasteiger partial charge < -0.3 is 9.88 Å².